The van der Waals surface area contributed by atoms with Crippen LogP contribution in [0.2, 0.25) is 10.0 Å². The third kappa shape index (κ3) is 5.26. The van der Waals surface area contributed by atoms with E-state index < -0.39 is 5.91 Å². The van der Waals surface area contributed by atoms with Crippen LogP contribution in [0.4, 0.5) is 5.69 Å². The number of nitrogens with one attached hydrogen (secondary N) is 2. The first-order chi connectivity index (χ1) is 11.5. The molecule has 2 aromatic rings. The average Bonchev–Trinajstić information content (AvgIpc) is 2.55. The summed E-state index contributed by atoms with van der Waals surface area (Å²) in [5.74, 6) is 0.595. The van der Waals surface area contributed by atoms with Gasteiger partial charge in [0.1, 0.15) is 0 Å². The van der Waals surface area contributed by atoms with Gasteiger partial charge in [-0.2, -0.15) is 0 Å². The van der Waals surface area contributed by atoms with E-state index >= 15 is 0 Å². The molecule has 5 nitrogen and oxygen atoms in total. The van der Waals surface area contributed by atoms with Crippen LogP contribution >= 0.6 is 35.4 Å². The predicted octanol–water partition coefficient (Wildman–Crippen LogP) is 3.89. The molecule has 126 valence electrons. The number of para-hydroxylation sites is 2. The molecule has 2 N–H and O–H groups in total. The summed E-state index contributed by atoms with van der Waals surface area (Å²) in [5, 5.41) is 6.32. The van der Waals surface area contributed by atoms with Crippen molar-refractivity contribution in [2.45, 2.75) is 0 Å². The summed E-state index contributed by atoms with van der Waals surface area (Å²) in [6.07, 6.45) is 0. The highest BCUT2D eigenvalue weighted by Crippen LogP contribution is 2.26. The van der Waals surface area contributed by atoms with Crippen molar-refractivity contribution in [2.75, 3.05) is 19.0 Å². The van der Waals surface area contributed by atoms with Crippen molar-refractivity contribution in [1.29, 1.82) is 0 Å². The number of hydrogen-bond acceptors (Lipinski definition) is 4. The van der Waals surface area contributed by atoms with Crippen molar-refractivity contribution < 1.29 is 14.3 Å². The molecule has 0 unspecified atom stereocenters. The topological polar surface area (TPSA) is 59.6 Å². The van der Waals surface area contributed by atoms with Crippen molar-refractivity contribution in [2.24, 2.45) is 0 Å². The molecule has 24 heavy (non-hydrogen) atoms. The minimum atomic E-state index is -0.413. The lowest BCUT2D eigenvalue weighted by atomic mass is 10.3. The molecule has 0 aromatic heterocycles. The van der Waals surface area contributed by atoms with Crippen molar-refractivity contribution in [3.8, 4) is 11.5 Å². The fraction of sp³-hybridized carbons (Fsp3) is 0.125. The monoisotopic (exact) mass is 384 g/mol. The van der Waals surface area contributed by atoms with Gasteiger partial charge in [0.05, 0.1) is 17.8 Å². The second-order valence-corrected chi connectivity index (χ2v) is 5.82. The first-order valence-corrected chi connectivity index (χ1v) is 7.97. The highest BCUT2D eigenvalue weighted by Gasteiger charge is 2.10. The van der Waals surface area contributed by atoms with Gasteiger partial charge in [0.2, 0.25) is 0 Å². The summed E-state index contributed by atoms with van der Waals surface area (Å²) in [5.41, 5.74) is 0.539. The number of benzene rings is 2. The summed E-state index contributed by atoms with van der Waals surface area (Å²) in [6.45, 7) is -0.212. The van der Waals surface area contributed by atoms with Crippen LogP contribution in [0.15, 0.2) is 42.5 Å². The van der Waals surface area contributed by atoms with Gasteiger partial charge in [0.25, 0.3) is 5.91 Å². The normalized spacial score (nSPS) is 9.96. The summed E-state index contributed by atoms with van der Waals surface area (Å²) < 4.78 is 10.6. The number of amides is 1. The van der Waals surface area contributed by atoms with Crippen LogP contribution in [0.3, 0.4) is 0 Å². The Morgan fingerprint density at radius 2 is 1.88 bits per heavy atom. The number of carbonyl (C=O) groups is 1. The number of hydrogen-bond donors (Lipinski definition) is 2. The van der Waals surface area contributed by atoms with Gasteiger partial charge >= 0.3 is 0 Å². The fourth-order valence-electron chi connectivity index (χ4n) is 1.79. The maximum Gasteiger partial charge on any atom is 0.264 e. The molecule has 0 atom stereocenters. The predicted molar refractivity (Wildman–Crippen MR) is 99.3 cm³/mol. The molecule has 0 spiro atoms. The number of anilines is 1. The van der Waals surface area contributed by atoms with E-state index in [0.717, 1.165) is 0 Å². The van der Waals surface area contributed by atoms with Gasteiger partial charge in [-0.1, -0.05) is 35.3 Å². The van der Waals surface area contributed by atoms with Crippen LogP contribution in [0, 0.1) is 0 Å². The van der Waals surface area contributed by atoms with Gasteiger partial charge < -0.3 is 14.8 Å². The molecule has 0 aliphatic rings. The number of methoxy groups -OCH3 is 1. The molecular formula is C16H14Cl2N2O3S. The van der Waals surface area contributed by atoms with E-state index in [1.54, 1.807) is 42.5 Å². The van der Waals surface area contributed by atoms with E-state index in [0.29, 0.717) is 27.2 Å². The van der Waals surface area contributed by atoms with Gasteiger partial charge in [-0.3, -0.25) is 10.1 Å². The fourth-order valence-corrected chi connectivity index (χ4v) is 2.47. The van der Waals surface area contributed by atoms with E-state index in [4.69, 9.17) is 44.9 Å². The van der Waals surface area contributed by atoms with E-state index in [2.05, 4.69) is 10.6 Å². The van der Waals surface area contributed by atoms with Crippen LogP contribution in [0.1, 0.15) is 0 Å². The second-order valence-electron chi connectivity index (χ2n) is 4.57. The highest BCUT2D eigenvalue weighted by molar-refractivity contribution is 7.80. The Balaban J connectivity index is 1.86. The molecule has 2 rings (SSSR count). The molecule has 0 fully saturated rings. The number of ether oxygens (including phenoxy) is 2. The number of carbonyl (C=O) groups excluding carboxylic acids is 1. The maximum absolute atomic E-state index is 11.9. The van der Waals surface area contributed by atoms with Crippen LogP contribution in [0.25, 0.3) is 0 Å². The lowest BCUT2D eigenvalue weighted by Gasteiger charge is -2.12. The van der Waals surface area contributed by atoms with E-state index in [-0.39, 0.29) is 11.7 Å². The Morgan fingerprint density at radius 3 is 2.54 bits per heavy atom. The summed E-state index contributed by atoms with van der Waals surface area (Å²) in [7, 11) is 1.52. The van der Waals surface area contributed by atoms with Crippen molar-refractivity contribution in [3.63, 3.8) is 0 Å². The Kier molecular flexibility index (Phi) is 6.66. The molecular weight excluding hydrogens is 371 g/mol. The summed E-state index contributed by atoms with van der Waals surface area (Å²) in [4.78, 5) is 11.9. The molecule has 2 aromatic carbocycles. The van der Waals surface area contributed by atoms with Gasteiger partial charge in [0.15, 0.2) is 23.2 Å². The van der Waals surface area contributed by atoms with E-state index in [1.807, 2.05) is 0 Å². The third-order valence-corrected chi connectivity index (χ3v) is 3.61. The molecule has 0 aliphatic carbocycles. The van der Waals surface area contributed by atoms with Crippen molar-refractivity contribution in [1.82, 2.24) is 5.32 Å². The van der Waals surface area contributed by atoms with Gasteiger partial charge in [-0.05, 0) is 42.5 Å². The maximum atomic E-state index is 11.9. The number of thiocarbonyl (C=S) groups is 1. The number of halogens is 2. The Morgan fingerprint density at radius 1 is 1.17 bits per heavy atom. The SMILES string of the molecule is COc1ccccc1OCC(=O)NC(=S)Nc1ccc(Cl)cc1Cl. The highest BCUT2D eigenvalue weighted by atomic mass is 35.5. The Hall–Kier alpha value is -2.02. The Labute approximate surface area is 154 Å². The van der Waals surface area contributed by atoms with Crippen molar-refractivity contribution in [3.05, 3.63) is 52.5 Å². The van der Waals surface area contributed by atoms with Gasteiger partial charge in [0, 0.05) is 5.02 Å². The second kappa shape index (κ2) is 8.73. The number of rotatable bonds is 5. The van der Waals surface area contributed by atoms with E-state index in [1.165, 1.54) is 7.11 Å². The van der Waals surface area contributed by atoms with Crippen LogP contribution < -0.4 is 20.1 Å². The summed E-state index contributed by atoms with van der Waals surface area (Å²) in [6, 6.07) is 11.9. The standard InChI is InChI=1S/C16H14Cl2N2O3S/c1-22-13-4-2-3-5-14(13)23-9-15(21)20-16(24)19-12-7-6-10(17)8-11(12)18/h2-8H,9H2,1H3,(H2,19,20,21,24). The Bertz CT molecular complexity index is 756. The molecule has 1 amide bonds. The average molecular weight is 385 g/mol. The zero-order chi connectivity index (χ0) is 17.5. The molecule has 0 radical (unpaired) electrons. The van der Waals surface area contributed by atoms with Crippen molar-refractivity contribution >= 4 is 52.1 Å². The zero-order valence-corrected chi connectivity index (χ0v) is 15.0. The van der Waals surface area contributed by atoms with Gasteiger partial charge in [-0.15, -0.1) is 0 Å². The minimum Gasteiger partial charge on any atom is -0.493 e. The largest absolute Gasteiger partial charge is 0.493 e. The minimum absolute atomic E-state index is 0.104. The zero-order valence-electron chi connectivity index (χ0n) is 12.6. The quantitative estimate of drug-likeness (QED) is 0.765. The van der Waals surface area contributed by atoms with E-state index in [9.17, 15) is 4.79 Å². The first kappa shape index (κ1) is 18.3. The van der Waals surface area contributed by atoms with Crippen LogP contribution in [0.5, 0.6) is 11.5 Å². The molecule has 0 heterocycles. The lowest BCUT2D eigenvalue weighted by molar-refractivity contribution is -0.121. The summed E-state index contributed by atoms with van der Waals surface area (Å²) >= 11 is 16.9. The van der Waals surface area contributed by atoms with Crippen LogP contribution in [-0.4, -0.2) is 24.7 Å². The molecule has 0 bridgehead atoms. The molecule has 0 saturated carbocycles. The lowest BCUT2D eigenvalue weighted by Crippen LogP contribution is -2.37. The first-order valence-electron chi connectivity index (χ1n) is 6.81. The van der Waals surface area contributed by atoms with Gasteiger partial charge in [-0.25, -0.2) is 0 Å². The van der Waals surface area contributed by atoms with Crippen LogP contribution in [-0.2, 0) is 4.79 Å². The smallest absolute Gasteiger partial charge is 0.264 e. The molecule has 0 saturated heterocycles. The third-order valence-electron chi connectivity index (χ3n) is 2.86. The molecule has 0 aliphatic heterocycles. The molecule has 8 heteroatoms.